The van der Waals surface area contributed by atoms with E-state index in [9.17, 15) is 0 Å². The van der Waals surface area contributed by atoms with Crippen molar-refractivity contribution < 1.29 is 0 Å². The van der Waals surface area contributed by atoms with Crippen LogP contribution < -0.4 is 16.4 Å². The van der Waals surface area contributed by atoms with Gasteiger partial charge in [0.1, 0.15) is 5.82 Å². The average molecular weight is 180 g/mol. The number of hydrogen-bond acceptors (Lipinski definition) is 4. The van der Waals surface area contributed by atoms with E-state index in [1.807, 2.05) is 12.1 Å². The van der Waals surface area contributed by atoms with Crippen LogP contribution >= 0.6 is 0 Å². The number of anilines is 1. The normalized spacial score (nSPS) is 15.7. The minimum atomic E-state index is 0.572. The molecule has 2 heterocycles. The van der Waals surface area contributed by atoms with Gasteiger partial charge in [-0.15, -0.1) is 0 Å². The maximum absolute atomic E-state index is 5.25. The van der Waals surface area contributed by atoms with Gasteiger partial charge in [0.25, 0.3) is 0 Å². The van der Waals surface area contributed by atoms with Crippen molar-refractivity contribution >= 4 is 5.82 Å². The lowest BCUT2D eigenvalue weighted by molar-refractivity contribution is 0.534. The van der Waals surface area contributed by atoms with E-state index >= 15 is 0 Å². The molecule has 0 bridgehead atoms. The zero-order valence-corrected chi connectivity index (χ0v) is 7.66. The summed E-state index contributed by atoms with van der Waals surface area (Å²) in [6.07, 6.45) is 1.66. The summed E-state index contributed by atoms with van der Waals surface area (Å²) < 4.78 is 0. The number of nitrogens with two attached hydrogens (primary N) is 1. The molecule has 0 radical (unpaired) electrons. The third-order valence-electron chi connectivity index (χ3n) is 1.64. The monoisotopic (exact) mass is 180 g/mol. The van der Waals surface area contributed by atoms with Crippen LogP contribution in [0.1, 0.15) is 0 Å². The SMILES string of the molecule is C1CNCCN1.Nc1ccccn1. The summed E-state index contributed by atoms with van der Waals surface area (Å²) >= 11 is 0. The summed E-state index contributed by atoms with van der Waals surface area (Å²) in [5, 5.41) is 6.44. The lowest BCUT2D eigenvalue weighted by Crippen LogP contribution is -2.39. The molecule has 1 fully saturated rings. The fourth-order valence-electron chi connectivity index (χ4n) is 0.980. The number of hydrogen-bond donors (Lipinski definition) is 3. The highest BCUT2D eigenvalue weighted by atomic mass is 15.0. The summed E-state index contributed by atoms with van der Waals surface area (Å²) in [6, 6.07) is 5.43. The van der Waals surface area contributed by atoms with Gasteiger partial charge in [-0.25, -0.2) is 4.98 Å². The van der Waals surface area contributed by atoms with Gasteiger partial charge in [-0.1, -0.05) is 6.07 Å². The van der Waals surface area contributed by atoms with Crippen LogP contribution in [0.5, 0.6) is 0 Å². The van der Waals surface area contributed by atoms with E-state index < -0.39 is 0 Å². The molecule has 1 aromatic rings. The van der Waals surface area contributed by atoms with Crippen LogP contribution in [0.25, 0.3) is 0 Å². The van der Waals surface area contributed by atoms with E-state index in [1.54, 1.807) is 12.3 Å². The molecule has 1 aliphatic rings. The molecule has 72 valence electrons. The number of rotatable bonds is 0. The molecule has 0 unspecified atom stereocenters. The quantitative estimate of drug-likeness (QED) is 0.519. The van der Waals surface area contributed by atoms with E-state index in [1.165, 1.54) is 0 Å². The topological polar surface area (TPSA) is 63.0 Å². The zero-order valence-electron chi connectivity index (χ0n) is 7.66. The van der Waals surface area contributed by atoms with Crippen LogP contribution in [0.15, 0.2) is 24.4 Å². The third kappa shape index (κ3) is 5.16. The lowest BCUT2D eigenvalue weighted by Gasteiger charge is -2.11. The van der Waals surface area contributed by atoms with Gasteiger partial charge in [0.2, 0.25) is 0 Å². The van der Waals surface area contributed by atoms with Gasteiger partial charge in [-0.2, -0.15) is 0 Å². The van der Waals surface area contributed by atoms with Crippen molar-refractivity contribution in [2.75, 3.05) is 31.9 Å². The molecular weight excluding hydrogens is 164 g/mol. The first-order chi connectivity index (χ1) is 6.39. The summed E-state index contributed by atoms with van der Waals surface area (Å²) in [5.41, 5.74) is 5.25. The first kappa shape index (κ1) is 9.95. The molecule has 0 atom stereocenters. The van der Waals surface area contributed by atoms with Crippen LogP contribution in [0, 0.1) is 0 Å². The molecule has 4 N–H and O–H groups in total. The highest BCUT2D eigenvalue weighted by Crippen LogP contribution is 1.89. The molecule has 1 saturated heterocycles. The van der Waals surface area contributed by atoms with Gasteiger partial charge in [0.15, 0.2) is 0 Å². The highest BCUT2D eigenvalue weighted by Gasteiger charge is 1.91. The molecule has 0 aromatic carbocycles. The van der Waals surface area contributed by atoms with Crippen molar-refractivity contribution in [3.8, 4) is 0 Å². The molecule has 2 rings (SSSR count). The van der Waals surface area contributed by atoms with E-state index in [0.717, 1.165) is 26.2 Å². The maximum atomic E-state index is 5.25. The second-order valence-corrected chi connectivity index (χ2v) is 2.75. The van der Waals surface area contributed by atoms with Crippen molar-refractivity contribution in [3.05, 3.63) is 24.4 Å². The van der Waals surface area contributed by atoms with Gasteiger partial charge >= 0.3 is 0 Å². The maximum Gasteiger partial charge on any atom is 0.123 e. The number of aromatic nitrogens is 1. The Morgan fingerprint density at radius 3 is 1.92 bits per heavy atom. The van der Waals surface area contributed by atoms with Crippen molar-refractivity contribution in [2.45, 2.75) is 0 Å². The first-order valence-corrected chi connectivity index (χ1v) is 4.47. The summed E-state index contributed by atoms with van der Waals surface area (Å²) in [6.45, 7) is 4.56. The van der Waals surface area contributed by atoms with Gasteiger partial charge in [-0.05, 0) is 12.1 Å². The Bertz CT molecular complexity index is 197. The minimum Gasteiger partial charge on any atom is -0.384 e. The smallest absolute Gasteiger partial charge is 0.123 e. The largest absolute Gasteiger partial charge is 0.384 e. The number of nitrogens with one attached hydrogen (secondary N) is 2. The predicted octanol–water partition coefficient (Wildman–Crippen LogP) is -0.157. The summed E-state index contributed by atoms with van der Waals surface area (Å²) in [4.78, 5) is 3.76. The second kappa shape index (κ2) is 6.39. The van der Waals surface area contributed by atoms with Gasteiger partial charge in [-0.3, -0.25) is 0 Å². The summed E-state index contributed by atoms with van der Waals surface area (Å²) in [5.74, 6) is 0.572. The Morgan fingerprint density at radius 2 is 1.69 bits per heavy atom. The number of nitrogens with zero attached hydrogens (tertiary/aromatic N) is 1. The Labute approximate surface area is 78.6 Å². The van der Waals surface area contributed by atoms with Gasteiger partial charge < -0.3 is 16.4 Å². The van der Waals surface area contributed by atoms with E-state index in [4.69, 9.17) is 5.73 Å². The Morgan fingerprint density at radius 1 is 1.08 bits per heavy atom. The molecule has 13 heavy (non-hydrogen) atoms. The fraction of sp³-hybridized carbons (Fsp3) is 0.444. The Hall–Kier alpha value is -1.13. The van der Waals surface area contributed by atoms with Crippen molar-refractivity contribution in [3.63, 3.8) is 0 Å². The lowest BCUT2D eigenvalue weighted by atomic mass is 10.4. The second-order valence-electron chi connectivity index (χ2n) is 2.75. The highest BCUT2D eigenvalue weighted by molar-refractivity contribution is 5.25. The van der Waals surface area contributed by atoms with Crippen LogP contribution in [-0.4, -0.2) is 31.2 Å². The molecule has 0 saturated carbocycles. The first-order valence-electron chi connectivity index (χ1n) is 4.47. The van der Waals surface area contributed by atoms with Crippen LogP contribution in [0.2, 0.25) is 0 Å². The molecule has 1 aromatic heterocycles. The Kier molecular flexibility index (Phi) is 4.90. The van der Waals surface area contributed by atoms with Gasteiger partial charge in [0.05, 0.1) is 0 Å². The molecule has 4 nitrogen and oxygen atoms in total. The molecule has 0 spiro atoms. The van der Waals surface area contributed by atoms with Crippen LogP contribution in [-0.2, 0) is 0 Å². The standard InChI is InChI=1S/C5H6N2.C4H10N2/c6-5-3-1-2-4-7-5;1-2-6-4-3-5-1/h1-4H,(H2,6,7);5-6H,1-4H2. The number of nitrogen functional groups attached to an aromatic ring is 1. The zero-order chi connectivity index (χ0) is 9.36. The van der Waals surface area contributed by atoms with E-state index in [2.05, 4.69) is 15.6 Å². The molecule has 4 heteroatoms. The van der Waals surface area contributed by atoms with Gasteiger partial charge in [0, 0.05) is 32.4 Å². The molecule has 0 amide bonds. The van der Waals surface area contributed by atoms with E-state index in [-0.39, 0.29) is 0 Å². The third-order valence-corrected chi connectivity index (χ3v) is 1.64. The molecule has 0 aliphatic carbocycles. The van der Waals surface area contributed by atoms with Crippen LogP contribution in [0.3, 0.4) is 0 Å². The fourth-order valence-corrected chi connectivity index (χ4v) is 0.980. The van der Waals surface area contributed by atoms with Crippen LogP contribution in [0.4, 0.5) is 5.82 Å². The predicted molar refractivity (Wildman–Crippen MR) is 54.4 cm³/mol. The number of pyridine rings is 1. The van der Waals surface area contributed by atoms with Crippen molar-refractivity contribution in [1.82, 2.24) is 15.6 Å². The van der Waals surface area contributed by atoms with Crippen molar-refractivity contribution in [1.29, 1.82) is 0 Å². The average Bonchev–Trinajstić information content (AvgIpc) is 2.22. The van der Waals surface area contributed by atoms with E-state index in [0.29, 0.717) is 5.82 Å². The summed E-state index contributed by atoms with van der Waals surface area (Å²) in [7, 11) is 0. The van der Waals surface area contributed by atoms with Crippen molar-refractivity contribution in [2.24, 2.45) is 0 Å². The number of piperazine rings is 1. The minimum absolute atomic E-state index is 0.572. The Balaban J connectivity index is 0.000000132. The molecular formula is C9H16N4. The molecule has 1 aliphatic heterocycles.